The lowest BCUT2D eigenvalue weighted by atomic mass is 10.1. The molecule has 1 saturated heterocycles. The van der Waals surface area contributed by atoms with Crippen molar-refractivity contribution in [2.24, 2.45) is 7.05 Å². The summed E-state index contributed by atoms with van der Waals surface area (Å²) in [5, 5.41) is 4.03. The van der Waals surface area contributed by atoms with E-state index in [0.29, 0.717) is 39.4 Å². The first-order valence-corrected chi connectivity index (χ1v) is 13.4. The van der Waals surface area contributed by atoms with Crippen LogP contribution in [-0.2, 0) is 16.6 Å². The monoisotopic (exact) mass is 579 g/mol. The molecule has 4 aromatic carbocycles. The van der Waals surface area contributed by atoms with Crippen LogP contribution in [0.5, 0.6) is 23.1 Å². The van der Waals surface area contributed by atoms with Crippen LogP contribution >= 0.6 is 23.8 Å². The molecule has 0 atom stereocenters. The van der Waals surface area contributed by atoms with Crippen LogP contribution in [-0.4, -0.2) is 21.5 Å². The summed E-state index contributed by atoms with van der Waals surface area (Å²) in [6.45, 7) is 0. The number of carbonyl (C=O) groups excluding carboxylic acids is 2. The minimum Gasteiger partial charge on any atom is -0.457 e. The van der Waals surface area contributed by atoms with Crippen molar-refractivity contribution in [3.8, 4) is 23.1 Å². The topological polar surface area (TPSA) is 72.8 Å². The number of thiocarbonyl (C=S) groups is 1. The van der Waals surface area contributed by atoms with Crippen LogP contribution in [0.2, 0.25) is 5.02 Å². The van der Waals surface area contributed by atoms with Gasteiger partial charge in [-0.05, 0) is 85.0 Å². The summed E-state index contributed by atoms with van der Waals surface area (Å²) in [5.74, 6) is 1.15. The Bertz CT molecular complexity index is 1830. The van der Waals surface area contributed by atoms with E-state index in [9.17, 15) is 9.59 Å². The lowest BCUT2D eigenvalue weighted by Crippen LogP contribution is -2.54. The molecule has 6 rings (SSSR count). The van der Waals surface area contributed by atoms with Crippen molar-refractivity contribution in [1.29, 1.82) is 0 Å². The zero-order chi connectivity index (χ0) is 28.5. The van der Waals surface area contributed by atoms with Gasteiger partial charge >= 0.3 is 0 Å². The van der Waals surface area contributed by atoms with Crippen LogP contribution in [0.1, 0.15) is 5.56 Å². The highest BCUT2D eigenvalue weighted by Crippen LogP contribution is 2.37. The number of benzene rings is 4. The summed E-state index contributed by atoms with van der Waals surface area (Å²) < 4.78 is 14.0. The second-order valence-electron chi connectivity index (χ2n) is 9.22. The molecule has 7 nitrogen and oxygen atoms in total. The number of nitrogens with zero attached hydrogens (tertiary/aromatic N) is 2. The number of hydrogen-bond donors (Lipinski definition) is 1. The van der Waals surface area contributed by atoms with E-state index in [1.54, 1.807) is 54.6 Å². The second-order valence-corrected chi connectivity index (χ2v) is 10.0. The fourth-order valence-corrected chi connectivity index (χ4v) is 5.01. The SMILES string of the molecule is Cn1c(Oc2ccc(Cl)cc2)c(/C=C2\C(=O)NC(=S)N(c3ccc(Oc4ccccc4)cc3)C2=O)c2ccccc21. The average molecular weight is 580 g/mol. The maximum absolute atomic E-state index is 13.8. The number of aromatic nitrogens is 1. The maximum atomic E-state index is 13.8. The number of halogens is 1. The number of aryl methyl sites for hydroxylation is 1. The summed E-state index contributed by atoms with van der Waals surface area (Å²) in [7, 11) is 1.86. The quantitative estimate of drug-likeness (QED) is 0.130. The van der Waals surface area contributed by atoms with Gasteiger partial charge in [-0.2, -0.15) is 0 Å². The Morgan fingerprint density at radius 2 is 1.39 bits per heavy atom. The largest absolute Gasteiger partial charge is 0.457 e. The molecule has 1 N–H and O–H groups in total. The number of hydrogen-bond acceptors (Lipinski definition) is 5. The number of amides is 2. The van der Waals surface area contributed by atoms with Crippen molar-refractivity contribution < 1.29 is 19.1 Å². The Kier molecular flexibility index (Phi) is 7.01. The lowest BCUT2D eigenvalue weighted by molar-refractivity contribution is -0.122. The Hall–Kier alpha value is -4.92. The summed E-state index contributed by atoms with van der Waals surface area (Å²) in [6.07, 6.45) is 1.55. The van der Waals surface area contributed by atoms with E-state index in [-0.39, 0.29) is 10.7 Å². The van der Waals surface area contributed by atoms with E-state index in [1.807, 2.05) is 66.2 Å². The van der Waals surface area contributed by atoms with Crippen LogP contribution in [0.4, 0.5) is 5.69 Å². The number of para-hydroxylation sites is 2. The minimum atomic E-state index is -0.592. The number of fused-ring (bicyclic) bond motifs is 1. The highest BCUT2D eigenvalue weighted by molar-refractivity contribution is 7.80. The number of nitrogens with one attached hydrogen (secondary N) is 1. The predicted octanol–water partition coefficient (Wildman–Crippen LogP) is 7.25. The van der Waals surface area contributed by atoms with Gasteiger partial charge < -0.3 is 14.0 Å². The molecule has 202 valence electrons. The van der Waals surface area contributed by atoms with Crippen LogP contribution in [0.15, 0.2) is 109 Å². The minimum absolute atomic E-state index is 0.00978. The standard InChI is InChI=1S/C32H22ClN3O4S/c1-35-28-10-6-5-9-25(28)26(31(35)40-24-15-11-20(33)12-16-24)19-27-29(37)34-32(41)36(30(27)38)21-13-17-23(18-14-21)39-22-7-3-2-4-8-22/h2-19H,1H3,(H,34,37,41)/b27-19+. The van der Waals surface area contributed by atoms with Crippen LogP contribution in [0, 0.1) is 0 Å². The molecule has 9 heteroatoms. The maximum Gasteiger partial charge on any atom is 0.270 e. The zero-order valence-electron chi connectivity index (χ0n) is 21.7. The highest BCUT2D eigenvalue weighted by atomic mass is 35.5. The molecule has 0 bridgehead atoms. The van der Waals surface area contributed by atoms with E-state index in [2.05, 4.69) is 5.32 Å². The van der Waals surface area contributed by atoms with Gasteiger partial charge in [0.05, 0.1) is 11.2 Å². The molecule has 0 radical (unpaired) electrons. The molecule has 5 aromatic rings. The van der Waals surface area contributed by atoms with E-state index >= 15 is 0 Å². The van der Waals surface area contributed by atoms with Crippen LogP contribution < -0.4 is 19.7 Å². The van der Waals surface area contributed by atoms with E-state index < -0.39 is 11.8 Å². The highest BCUT2D eigenvalue weighted by Gasteiger charge is 2.35. The molecule has 2 amide bonds. The van der Waals surface area contributed by atoms with Gasteiger partial charge in [0.15, 0.2) is 5.11 Å². The summed E-state index contributed by atoms with van der Waals surface area (Å²) in [4.78, 5) is 28.2. The fourth-order valence-electron chi connectivity index (χ4n) is 4.60. The van der Waals surface area contributed by atoms with Gasteiger partial charge in [0.2, 0.25) is 5.88 Å². The number of ether oxygens (including phenoxy) is 2. The lowest BCUT2D eigenvalue weighted by Gasteiger charge is -2.29. The van der Waals surface area contributed by atoms with E-state index in [1.165, 1.54) is 4.90 Å². The van der Waals surface area contributed by atoms with Crippen molar-refractivity contribution in [2.45, 2.75) is 0 Å². The van der Waals surface area contributed by atoms with Gasteiger partial charge in [-0.15, -0.1) is 0 Å². The van der Waals surface area contributed by atoms with Gasteiger partial charge in [-0.25, -0.2) is 0 Å². The first kappa shape index (κ1) is 26.3. The van der Waals surface area contributed by atoms with Crippen LogP contribution in [0.3, 0.4) is 0 Å². The van der Waals surface area contributed by atoms with E-state index in [4.69, 9.17) is 33.3 Å². The second kappa shape index (κ2) is 10.9. The molecular weight excluding hydrogens is 558 g/mol. The molecule has 41 heavy (non-hydrogen) atoms. The van der Waals surface area contributed by atoms with Gasteiger partial charge in [-0.1, -0.05) is 48.0 Å². The Morgan fingerprint density at radius 1 is 0.780 bits per heavy atom. The van der Waals surface area contributed by atoms with E-state index in [0.717, 1.165) is 10.9 Å². The fraction of sp³-hybridized carbons (Fsp3) is 0.0312. The molecule has 1 aromatic heterocycles. The van der Waals surface area contributed by atoms with Crippen molar-refractivity contribution in [1.82, 2.24) is 9.88 Å². The Labute approximate surface area is 246 Å². The molecule has 0 aliphatic carbocycles. The zero-order valence-corrected chi connectivity index (χ0v) is 23.3. The summed E-state index contributed by atoms with van der Waals surface area (Å²) >= 11 is 11.4. The first-order valence-electron chi connectivity index (χ1n) is 12.6. The Morgan fingerprint density at radius 3 is 2.12 bits per heavy atom. The third-order valence-corrected chi connectivity index (χ3v) is 7.12. The molecule has 1 aliphatic rings. The Balaban J connectivity index is 1.37. The molecule has 1 fully saturated rings. The summed E-state index contributed by atoms with van der Waals surface area (Å²) in [6, 6.07) is 30.9. The molecule has 2 heterocycles. The predicted molar refractivity (Wildman–Crippen MR) is 164 cm³/mol. The summed E-state index contributed by atoms with van der Waals surface area (Å²) in [5.41, 5.74) is 1.85. The first-order chi connectivity index (χ1) is 19.9. The number of anilines is 1. The van der Waals surface area contributed by atoms with Crippen molar-refractivity contribution >= 4 is 63.4 Å². The number of rotatable bonds is 6. The van der Waals surface area contributed by atoms with Gasteiger partial charge in [0, 0.05) is 23.0 Å². The van der Waals surface area contributed by atoms with Crippen molar-refractivity contribution in [3.63, 3.8) is 0 Å². The molecule has 0 unspecified atom stereocenters. The molecule has 0 saturated carbocycles. The average Bonchev–Trinajstić information content (AvgIpc) is 3.24. The normalized spacial score (nSPS) is 14.4. The smallest absolute Gasteiger partial charge is 0.270 e. The van der Waals surface area contributed by atoms with Gasteiger partial charge in [0.1, 0.15) is 22.8 Å². The van der Waals surface area contributed by atoms with Gasteiger partial charge in [0.25, 0.3) is 11.8 Å². The third-order valence-electron chi connectivity index (χ3n) is 6.58. The number of carbonyl (C=O) groups is 2. The third kappa shape index (κ3) is 5.18. The van der Waals surface area contributed by atoms with Gasteiger partial charge in [-0.3, -0.25) is 19.8 Å². The molecular formula is C32H22ClN3O4S. The van der Waals surface area contributed by atoms with Crippen molar-refractivity contribution in [2.75, 3.05) is 4.90 Å². The van der Waals surface area contributed by atoms with Crippen LogP contribution in [0.25, 0.3) is 17.0 Å². The molecule has 1 aliphatic heterocycles. The van der Waals surface area contributed by atoms with Crippen molar-refractivity contribution in [3.05, 3.63) is 119 Å². The molecule has 0 spiro atoms.